The molecule has 1 N–H and O–H groups in total. The number of benzene rings is 1. The third kappa shape index (κ3) is 2.67. The van der Waals surface area contributed by atoms with Crippen LogP contribution in [0.2, 0.25) is 0 Å². The van der Waals surface area contributed by atoms with Crippen LogP contribution in [0.5, 0.6) is 5.75 Å². The van der Waals surface area contributed by atoms with E-state index < -0.39 is 6.10 Å². The van der Waals surface area contributed by atoms with Gasteiger partial charge in [0, 0.05) is 11.6 Å². The molecule has 1 aromatic carbocycles. The second-order valence-electron chi connectivity index (χ2n) is 3.09. The zero-order valence-corrected chi connectivity index (χ0v) is 8.97. The van der Waals surface area contributed by atoms with Gasteiger partial charge in [-0.25, -0.2) is 0 Å². The first-order chi connectivity index (χ1) is 7.72. The van der Waals surface area contributed by atoms with Crippen LogP contribution in [0.15, 0.2) is 35.9 Å². The molecule has 0 amide bonds. The highest BCUT2D eigenvalue weighted by atomic mass is 16.5. The minimum Gasteiger partial charge on any atom is -0.497 e. The number of hydrogen-bond donors (Lipinski definition) is 1. The largest absolute Gasteiger partial charge is 0.497 e. The predicted molar refractivity (Wildman–Crippen MR) is 63.7 cm³/mol. The SMILES string of the molecule is C#C/C=C(\C#C)C(O)c1ccc(OC)cc1. The topological polar surface area (TPSA) is 29.5 Å². The van der Waals surface area contributed by atoms with Crippen molar-refractivity contribution < 1.29 is 9.84 Å². The van der Waals surface area contributed by atoms with Gasteiger partial charge in [0.05, 0.1) is 7.11 Å². The molecule has 16 heavy (non-hydrogen) atoms. The normalized spacial score (nSPS) is 12.4. The summed E-state index contributed by atoms with van der Waals surface area (Å²) < 4.78 is 5.01. The fourth-order valence-electron chi connectivity index (χ4n) is 1.26. The van der Waals surface area contributed by atoms with Gasteiger partial charge in [-0.1, -0.05) is 24.0 Å². The minimum atomic E-state index is -0.869. The van der Waals surface area contributed by atoms with Crippen LogP contribution in [0, 0.1) is 24.7 Å². The zero-order chi connectivity index (χ0) is 12.0. The van der Waals surface area contributed by atoms with E-state index in [-0.39, 0.29) is 0 Å². The van der Waals surface area contributed by atoms with E-state index in [0.717, 1.165) is 5.75 Å². The highest BCUT2D eigenvalue weighted by Gasteiger charge is 2.10. The maximum Gasteiger partial charge on any atom is 0.118 e. The van der Waals surface area contributed by atoms with Crippen molar-refractivity contribution >= 4 is 0 Å². The molecule has 0 fully saturated rings. The number of terminal acetylenes is 2. The molecule has 0 spiro atoms. The van der Waals surface area contributed by atoms with Crippen LogP contribution in [0.3, 0.4) is 0 Å². The molecule has 1 rings (SSSR count). The fourth-order valence-corrected chi connectivity index (χ4v) is 1.26. The third-order valence-electron chi connectivity index (χ3n) is 2.13. The number of hydrogen-bond acceptors (Lipinski definition) is 2. The van der Waals surface area contributed by atoms with Crippen molar-refractivity contribution in [3.63, 3.8) is 0 Å². The number of ether oxygens (including phenoxy) is 1. The summed E-state index contributed by atoms with van der Waals surface area (Å²) in [6.07, 6.45) is 10.9. The Morgan fingerprint density at radius 3 is 2.44 bits per heavy atom. The van der Waals surface area contributed by atoms with E-state index in [1.54, 1.807) is 31.4 Å². The molecule has 0 aromatic heterocycles. The van der Waals surface area contributed by atoms with Gasteiger partial charge < -0.3 is 9.84 Å². The van der Waals surface area contributed by atoms with E-state index in [1.165, 1.54) is 6.08 Å². The number of rotatable bonds is 3. The summed E-state index contributed by atoms with van der Waals surface area (Å²) in [6.45, 7) is 0. The van der Waals surface area contributed by atoms with Crippen LogP contribution >= 0.6 is 0 Å². The van der Waals surface area contributed by atoms with Crippen LogP contribution in [0.1, 0.15) is 11.7 Å². The monoisotopic (exact) mass is 212 g/mol. The lowest BCUT2D eigenvalue weighted by Gasteiger charge is -2.10. The Morgan fingerprint density at radius 2 is 2.00 bits per heavy atom. The Balaban J connectivity index is 2.97. The molecule has 2 heteroatoms. The molecule has 0 aliphatic carbocycles. The molecule has 80 valence electrons. The van der Waals surface area contributed by atoms with Crippen molar-refractivity contribution in [1.29, 1.82) is 0 Å². The molecular weight excluding hydrogens is 200 g/mol. The molecule has 1 aromatic rings. The minimum absolute atomic E-state index is 0.368. The molecule has 2 nitrogen and oxygen atoms in total. The lowest BCUT2D eigenvalue weighted by Crippen LogP contribution is -2.00. The quantitative estimate of drug-likeness (QED) is 0.776. The molecule has 0 saturated heterocycles. The first-order valence-corrected chi connectivity index (χ1v) is 4.67. The van der Waals surface area contributed by atoms with Crippen LogP contribution in [-0.4, -0.2) is 12.2 Å². The zero-order valence-electron chi connectivity index (χ0n) is 8.97. The van der Waals surface area contributed by atoms with Gasteiger partial charge in [-0.2, -0.15) is 0 Å². The maximum atomic E-state index is 9.93. The number of allylic oxidation sites excluding steroid dienone is 1. The number of aliphatic hydroxyl groups is 1. The molecule has 0 bridgehead atoms. The van der Waals surface area contributed by atoms with Gasteiger partial charge in [0.25, 0.3) is 0 Å². The summed E-state index contributed by atoms with van der Waals surface area (Å²) in [7, 11) is 1.58. The van der Waals surface area contributed by atoms with Gasteiger partial charge in [-0.15, -0.1) is 12.8 Å². The average Bonchev–Trinajstić information content (AvgIpc) is 2.35. The van der Waals surface area contributed by atoms with E-state index in [9.17, 15) is 5.11 Å². The van der Waals surface area contributed by atoms with Crippen LogP contribution < -0.4 is 4.74 Å². The lowest BCUT2D eigenvalue weighted by molar-refractivity contribution is 0.221. The van der Waals surface area contributed by atoms with Crippen molar-refractivity contribution in [2.45, 2.75) is 6.10 Å². The van der Waals surface area contributed by atoms with E-state index in [2.05, 4.69) is 11.8 Å². The highest BCUT2D eigenvalue weighted by molar-refractivity contribution is 5.41. The molecule has 1 unspecified atom stereocenters. The summed E-state index contributed by atoms with van der Waals surface area (Å²) in [4.78, 5) is 0. The second kappa shape index (κ2) is 5.66. The Hall–Kier alpha value is -2.16. The van der Waals surface area contributed by atoms with Gasteiger partial charge in [0.2, 0.25) is 0 Å². The second-order valence-corrected chi connectivity index (χ2v) is 3.09. The third-order valence-corrected chi connectivity index (χ3v) is 2.13. The van der Waals surface area contributed by atoms with E-state index in [0.29, 0.717) is 11.1 Å². The summed E-state index contributed by atoms with van der Waals surface area (Å²) in [6, 6.07) is 6.99. The Bertz CT molecular complexity index is 455. The number of methoxy groups -OCH3 is 1. The van der Waals surface area contributed by atoms with Crippen LogP contribution in [0.25, 0.3) is 0 Å². The Labute approximate surface area is 95.6 Å². The molecule has 0 aliphatic rings. The Kier molecular flexibility index (Phi) is 4.21. The smallest absolute Gasteiger partial charge is 0.118 e. The van der Waals surface area contributed by atoms with Gasteiger partial charge in [-0.05, 0) is 17.7 Å². The maximum absolute atomic E-state index is 9.93. The van der Waals surface area contributed by atoms with Crippen LogP contribution in [0.4, 0.5) is 0 Å². The van der Waals surface area contributed by atoms with Crippen molar-refractivity contribution in [3.8, 4) is 30.4 Å². The van der Waals surface area contributed by atoms with Crippen molar-refractivity contribution in [1.82, 2.24) is 0 Å². The van der Waals surface area contributed by atoms with Crippen LogP contribution in [-0.2, 0) is 0 Å². The van der Waals surface area contributed by atoms with E-state index in [1.807, 2.05) is 0 Å². The van der Waals surface area contributed by atoms with Crippen molar-refractivity contribution in [2.24, 2.45) is 0 Å². The van der Waals surface area contributed by atoms with Crippen molar-refractivity contribution in [3.05, 3.63) is 41.5 Å². The Morgan fingerprint density at radius 1 is 1.38 bits per heavy atom. The van der Waals surface area contributed by atoms with Gasteiger partial charge >= 0.3 is 0 Å². The molecule has 0 heterocycles. The summed E-state index contributed by atoms with van der Waals surface area (Å²) in [5.41, 5.74) is 1.05. The molecular formula is C14H12O2. The van der Waals surface area contributed by atoms with Gasteiger partial charge in [0.1, 0.15) is 11.9 Å². The molecule has 0 saturated carbocycles. The molecule has 0 radical (unpaired) electrons. The highest BCUT2D eigenvalue weighted by Crippen LogP contribution is 2.22. The van der Waals surface area contributed by atoms with Gasteiger partial charge in [-0.3, -0.25) is 0 Å². The average molecular weight is 212 g/mol. The summed E-state index contributed by atoms with van der Waals surface area (Å²) >= 11 is 0. The van der Waals surface area contributed by atoms with E-state index in [4.69, 9.17) is 17.6 Å². The van der Waals surface area contributed by atoms with E-state index >= 15 is 0 Å². The standard InChI is InChI=1S/C14H12O2/c1-4-6-11(5-2)14(15)12-7-9-13(16-3)10-8-12/h1-2,6-10,14-15H,3H3/b11-6+. The molecule has 1 atom stereocenters. The summed E-state index contributed by atoms with van der Waals surface area (Å²) in [5.74, 6) is 5.39. The first kappa shape index (κ1) is 11.9. The first-order valence-electron chi connectivity index (χ1n) is 4.67. The van der Waals surface area contributed by atoms with Gasteiger partial charge in [0.15, 0.2) is 0 Å². The number of aliphatic hydroxyl groups excluding tert-OH is 1. The molecule has 0 aliphatic heterocycles. The van der Waals surface area contributed by atoms with Crippen molar-refractivity contribution in [2.75, 3.05) is 7.11 Å². The summed E-state index contributed by atoms with van der Waals surface area (Å²) in [5, 5.41) is 9.93. The predicted octanol–water partition coefficient (Wildman–Crippen LogP) is 1.92. The fraction of sp³-hybridized carbons (Fsp3) is 0.143. The lowest BCUT2D eigenvalue weighted by atomic mass is 10.0.